The zero-order valence-electron chi connectivity index (χ0n) is 14.6. The topological polar surface area (TPSA) is 64.5 Å². The van der Waals surface area contributed by atoms with Gasteiger partial charge in [-0.05, 0) is 35.2 Å². The van der Waals surface area contributed by atoms with Crippen LogP contribution < -0.4 is 9.47 Å². The summed E-state index contributed by atoms with van der Waals surface area (Å²) in [6.07, 6.45) is 4.25. The van der Waals surface area contributed by atoms with Crippen LogP contribution in [0.25, 0.3) is 21.7 Å². The van der Waals surface area contributed by atoms with E-state index in [9.17, 15) is 5.11 Å². The quantitative estimate of drug-likeness (QED) is 0.568. The van der Waals surface area contributed by atoms with Gasteiger partial charge in [-0.3, -0.25) is 4.98 Å². The largest absolute Gasteiger partial charge is 0.506 e. The normalized spacial score (nSPS) is 10.6. The number of hydrogen-bond donors (Lipinski definition) is 1. The third-order valence-electron chi connectivity index (χ3n) is 4.47. The number of nitrogens with zero attached hydrogens (tertiary/aromatic N) is 2. The molecule has 0 fully saturated rings. The van der Waals surface area contributed by atoms with Gasteiger partial charge in [0.2, 0.25) is 0 Å². The first-order valence-corrected chi connectivity index (χ1v) is 8.26. The van der Waals surface area contributed by atoms with Crippen molar-refractivity contribution in [2.45, 2.75) is 13.8 Å². The SMILES string of the molecule is C.COc1cc2cncc(Cc3ccc4cccc(O)c4n3)c2cc1OC. The summed E-state index contributed by atoms with van der Waals surface area (Å²) < 4.78 is 10.8. The average Bonchev–Trinajstić information content (AvgIpc) is 2.68. The molecule has 5 nitrogen and oxygen atoms in total. The molecule has 0 aliphatic rings. The molecule has 5 heteroatoms. The zero-order valence-corrected chi connectivity index (χ0v) is 14.6. The van der Waals surface area contributed by atoms with Crippen LogP contribution in [-0.4, -0.2) is 29.3 Å². The minimum Gasteiger partial charge on any atom is -0.506 e. The second-order valence-corrected chi connectivity index (χ2v) is 6.06. The van der Waals surface area contributed by atoms with E-state index < -0.39 is 0 Å². The molecule has 0 spiro atoms. The number of rotatable bonds is 4. The molecule has 138 valence electrons. The average molecular weight is 362 g/mol. The molecule has 1 N–H and O–H groups in total. The van der Waals surface area contributed by atoms with Crippen LogP contribution in [0.1, 0.15) is 18.7 Å². The van der Waals surface area contributed by atoms with Gasteiger partial charge in [0.15, 0.2) is 11.5 Å². The van der Waals surface area contributed by atoms with Crippen LogP contribution in [0.15, 0.2) is 54.9 Å². The summed E-state index contributed by atoms with van der Waals surface area (Å²) in [6, 6.07) is 13.2. The highest BCUT2D eigenvalue weighted by atomic mass is 16.5. The zero-order chi connectivity index (χ0) is 18.1. The van der Waals surface area contributed by atoms with Gasteiger partial charge in [0.05, 0.1) is 14.2 Å². The van der Waals surface area contributed by atoms with Crippen LogP contribution >= 0.6 is 0 Å². The van der Waals surface area contributed by atoms with E-state index in [0.717, 1.165) is 27.4 Å². The summed E-state index contributed by atoms with van der Waals surface area (Å²) in [5.41, 5.74) is 2.51. The van der Waals surface area contributed by atoms with Crippen LogP contribution in [-0.2, 0) is 6.42 Å². The van der Waals surface area contributed by atoms with E-state index >= 15 is 0 Å². The third-order valence-corrected chi connectivity index (χ3v) is 4.47. The summed E-state index contributed by atoms with van der Waals surface area (Å²) in [4.78, 5) is 8.97. The first kappa shape index (κ1) is 18.5. The molecule has 0 radical (unpaired) electrons. The van der Waals surface area contributed by atoms with E-state index in [1.807, 2.05) is 42.6 Å². The number of pyridine rings is 2. The number of phenolic OH excluding ortho intramolecular Hbond substituents is 1. The monoisotopic (exact) mass is 362 g/mol. The molecule has 0 saturated heterocycles. The van der Waals surface area contributed by atoms with Gasteiger partial charge in [-0.2, -0.15) is 0 Å². The Bertz CT molecular complexity index is 1110. The fourth-order valence-corrected chi connectivity index (χ4v) is 3.16. The maximum Gasteiger partial charge on any atom is 0.161 e. The molecule has 27 heavy (non-hydrogen) atoms. The van der Waals surface area contributed by atoms with Gasteiger partial charge in [0.1, 0.15) is 11.3 Å². The second kappa shape index (κ2) is 7.50. The summed E-state index contributed by atoms with van der Waals surface area (Å²) in [7, 11) is 3.24. The van der Waals surface area contributed by atoms with Crippen molar-refractivity contribution in [2.24, 2.45) is 0 Å². The van der Waals surface area contributed by atoms with Crippen molar-refractivity contribution in [1.82, 2.24) is 9.97 Å². The summed E-state index contributed by atoms with van der Waals surface area (Å²) >= 11 is 0. The molecular weight excluding hydrogens is 340 g/mol. The highest BCUT2D eigenvalue weighted by Gasteiger charge is 2.11. The first-order valence-electron chi connectivity index (χ1n) is 8.26. The fourth-order valence-electron chi connectivity index (χ4n) is 3.16. The predicted molar refractivity (Wildman–Crippen MR) is 108 cm³/mol. The molecule has 0 aliphatic carbocycles. The van der Waals surface area contributed by atoms with Gasteiger partial charge < -0.3 is 14.6 Å². The lowest BCUT2D eigenvalue weighted by Gasteiger charge is -2.12. The smallest absolute Gasteiger partial charge is 0.161 e. The number of phenols is 1. The molecule has 0 atom stereocenters. The molecule has 0 unspecified atom stereocenters. The summed E-state index contributed by atoms with van der Waals surface area (Å²) in [6.45, 7) is 0. The van der Waals surface area contributed by atoms with Crippen LogP contribution in [0, 0.1) is 0 Å². The van der Waals surface area contributed by atoms with Gasteiger partial charge >= 0.3 is 0 Å². The maximum absolute atomic E-state index is 10.1. The lowest BCUT2D eigenvalue weighted by Crippen LogP contribution is -1.97. The molecule has 0 saturated carbocycles. The number of benzene rings is 2. The summed E-state index contributed by atoms with van der Waals surface area (Å²) in [5, 5.41) is 13.0. The van der Waals surface area contributed by atoms with Crippen LogP contribution in [0.4, 0.5) is 0 Å². The van der Waals surface area contributed by atoms with Crippen molar-refractivity contribution in [3.63, 3.8) is 0 Å². The van der Waals surface area contributed by atoms with E-state index in [0.29, 0.717) is 23.4 Å². The van der Waals surface area contributed by atoms with Gasteiger partial charge in [0, 0.05) is 35.3 Å². The third kappa shape index (κ3) is 3.36. The first-order chi connectivity index (χ1) is 12.7. The summed E-state index contributed by atoms with van der Waals surface area (Å²) in [5.74, 6) is 1.54. The van der Waals surface area contributed by atoms with Crippen LogP contribution in [0.2, 0.25) is 0 Å². The maximum atomic E-state index is 10.1. The van der Waals surface area contributed by atoms with Crippen LogP contribution in [0.3, 0.4) is 0 Å². The molecule has 0 bridgehead atoms. The Morgan fingerprint density at radius 3 is 2.48 bits per heavy atom. The van der Waals surface area contributed by atoms with Gasteiger partial charge in [0.25, 0.3) is 0 Å². The van der Waals surface area contributed by atoms with Gasteiger partial charge in [-0.25, -0.2) is 4.98 Å². The van der Waals surface area contributed by atoms with Crippen molar-refractivity contribution < 1.29 is 14.6 Å². The Labute approximate surface area is 158 Å². The molecule has 2 aromatic heterocycles. The van der Waals surface area contributed by atoms with Gasteiger partial charge in [-0.1, -0.05) is 25.6 Å². The second-order valence-electron chi connectivity index (χ2n) is 6.06. The number of para-hydroxylation sites is 1. The molecule has 2 aromatic carbocycles. The van der Waals surface area contributed by atoms with Crippen molar-refractivity contribution in [2.75, 3.05) is 14.2 Å². The molecular formula is C22H22N2O3. The Balaban J connectivity index is 0.00000210. The minimum atomic E-state index is 0. The Hall–Kier alpha value is -3.34. The molecule has 0 amide bonds. The highest BCUT2D eigenvalue weighted by Crippen LogP contribution is 2.34. The lowest BCUT2D eigenvalue weighted by atomic mass is 10.0. The van der Waals surface area contributed by atoms with Crippen molar-refractivity contribution in [3.8, 4) is 17.2 Å². The Morgan fingerprint density at radius 2 is 1.70 bits per heavy atom. The van der Waals surface area contributed by atoms with E-state index in [1.54, 1.807) is 26.5 Å². The fraction of sp³-hybridized carbons (Fsp3) is 0.182. The number of aromatic hydroxyl groups is 1. The van der Waals surface area contributed by atoms with Crippen molar-refractivity contribution in [1.29, 1.82) is 0 Å². The molecule has 2 heterocycles. The van der Waals surface area contributed by atoms with E-state index in [1.165, 1.54) is 0 Å². The van der Waals surface area contributed by atoms with Crippen molar-refractivity contribution >= 4 is 21.7 Å². The number of aromatic nitrogens is 2. The standard InChI is InChI=1S/C21H18N2O3.CH4/c1-25-19-9-15-12-22-11-14(17(15)10-20(19)26-2)8-16-7-6-13-4-3-5-18(24)21(13)23-16;/h3-7,9-12,24H,8H2,1-2H3;1H4. The number of hydrogen-bond acceptors (Lipinski definition) is 5. The van der Waals surface area contributed by atoms with Crippen LogP contribution in [0.5, 0.6) is 17.2 Å². The molecule has 0 aliphatic heterocycles. The van der Waals surface area contributed by atoms with Crippen molar-refractivity contribution in [3.05, 3.63) is 66.1 Å². The lowest BCUT2D eigenvalue weighted by molar-refractivity contribution is 0.356. The molecule has 4 rings (SSSR count). The van der Waals surface area contributed by atoms with E-state index in [-0.39, 0.29) is 13.2 Å². The van der Waals surface area contributed by atoms with E-state index in [4.69, 9.17) is 9.47 Å². The number of fused-ring (bicyclic) bond motifs is 2. The highest BCUT2D eigenvalue weighted by molar-refractivity contribution is 5.88. The number of methoxy groups -OCH3 is 2. The molecule has 4 aromatic rings. The van der Waals surface area contributed by atoms with Gasteiger partial charge in [-0.15, -0.1) is 0 Å². The van der Waals surface area contributed by atoms with E-state index in [2.05, 4.69) is 9.97 Å². The Morgan fingerprint density at radius 1 is 0.926 bits per heavy atom. The predicted octanol–water partition coefficient (Wildman–Crippen LogP) is 4.73. The minimum absolute atomic E-state index is 0. The Kier molecular flexibility index (Phi) is 5.12. The number of ether oxygens (including phenoxy) is 2.